The number of carbonyl (C=O) groups is 1. The minimum absolute atomic E-state index is 0.116. The van der Waals surface area contributed by atoms with Gasteiger partial charge in [0.25, 0.3) is 5.91 Å². The van der Waals surface area contributed by atoms with Gasteiger partial charge < -0.3 is 19.5 Å². The molecule has 0 spiro atoms. The number of anilines is 1. The van der Waals surface area contributed by atoms with Crippen LogP contribution in [-0.2, 0) is 14.3 Å². The van der Waals surface area contributed by atoms with Crippen LogP contribution in [0.2, 0.25) is 0 Å². The van der Waals surface area contributed by atoms with Crippen LogP contribution in [0.25, 0.3) is 0 Å². The predicted molar refractivity (Wildman–Crippen MR) is 103 cm³/mol. The van der Waals surface area contributed by atoms with Crippen molar-refractivity contribution in [2.24, 2.45) is 0 Å². The average Bonchev–Trinajstić information content (AvgIpc) is 2.68. The molecule has 2 rings (SSSR count). The molecule has 1 aromatic rings. The maximum Gasteiger partial charge on any atom is 0.256 e. The van der Waals surface area contributed by atoms with E-state index in [2.05, 4.69) is 10.2 Å². The normalized spacial score (nSPS) is 17.5. The Kier molecular flexibility index (Phi) is 8.35. The molecule has 1 saturated heterocycles. The molecule has 1 amide bonds. The van der Waals surface area contributed by atoms with E-state index in [9.17, 15) is 4.79 Å². The van der Waals surface area contributed by atoms with Crippen LogP contribution in [-0.4, -0.2) is 62.5 Å². The number of hydrogen-bond acceptors (Lipinski definition) is 5. The number of nitrogens with one attached hydrogen (secondary N) is 1. The van der Waals surface area contributed by atoms with Gasteiger partial charge >= 0.3 is 0 Å². The second kappa shape index (κ2) is 10.5. The smallest absolute Gasteiger partial charge is 0.256 e. The van der Waals surface area contributed by atoms with Gasteiger partial charge in [-0.15, -0.1) is 0 Å². The minimum atomic E-state index is -0.802. The zero-order valence-corrected chi connectivity index (χ0v) is 16.3. The lowest BCUT2D eigenvalue weighted by Crippen LogP contribution is -2.42. The predicted octanol–water partition coefficient (Wildman–Crippen LogP) is 2.93. The Morgan fingerprint density at radius 3 is 2.50 bits per heavy atom. The molecule has 1 atom stereocenters. The molecule has 1 aliphatic heterocycles. The second-order valence-electron chi connectivity index (χ2n) is 6.71. The van der Waals surface area contributed by atoms with E-state index >= 15 is 0 Å². The number of ether oxygens (including phenoxy) is 3. The van der Waals surface area contributed by atoms with Gasteiger partial charge in [0.15, 0.2) is 0 Å². The molecule has 0 aromatic heterocycles. The Morgan fingerprint density at radius 1 is 1.19 bits per heavy atom. The fourth-order valence-corrected chi connectivity index (χ4v) is 2.67. The number of morpholine rings is 1. The van der Waals surface area contributed by atoms with Crippen molar-refractivity contribution >= 4 is 11.6 Å². The maximum absolute atomic E-state index is 12.5. The highest BCUT2D eigenvalue weighted by Crippen LogP contribution is 2.21. The van der Waals surface area contributed by atoms with Gasteiger partial charge in [-0.05, 0) is 44.0 Å². The fraction of sp³-hybridized carbons (Fsp3) is 0.650. The first-order chi connectivity index (χ1) is 12.6. The summed E-state index contributed by atoms with van der Waals surface area (Å²) >= 11 is 0. The van der Waals surface area contributed by atoms with Crippen LogP contribution >= 0.6 is 0 Å². The Bertz CT molecular complexity index is 543. The van der Waals surface area contributed by atoms with E-state index in [0.717, 1.165) is 50.7 Å². The Morgan fingerprint density at radius 2 is 1.88 bits per heavy atom. The van der Waals surface area contributed by atoms with E-state index in [-0.39, 0.29) is 5.91 Å². The largest absolute Gasteiger partial charge is 0.492 e. The number of nitrogens with zero attached hydrogens (tertiary/aromatic N) is 1. The molecular weight excluding hydrogens is 332 g/mol. The topological polar surface area (TPSA) is 60.0 Å². The third-order valence-corrected chi connectivity index (χ3v) is 4.67. The first-order valence-corrected chi connectivity index (χ1v) is 9.55. The number of amides is 1. The number of carbonyl (C=O) groups excluding carboxylic acids is 1. The van der Waals surface area contributed by atoms with E-state index in [1.165, 1.54) is 0 Å². The summed E-state index contributed by atoms with van der Waals surface area (Å²) in [5, 5.41) is 2.94. The Balaban J connectivity index is 1.79. The highest BCUT2D eigenvalue weighted by molar-refractivity contribution is 5.97. The fourth-order valence-electron chi connectivity index (χ4n) is 2.67. The number of benzene rings is 1. The summed E-state index contributed by atoms with van der Waals surface area (Å²) < 4.78 is 16.9. The van der Waals surface area contributed by atoms with Crippen LogP contribution in [0.3, 0.4) is 0 Å². The molecule has 1 fully saturated rings. The van der Waals surface area contributed by atoms with E-state index in [1.54, 1.807) is 0 Å². The van der Waals surface area contributed by atoms with Gasteiger partial charge in [0.1, 0.15) is 18.0 Å². The molecule has 0 aliphatic carbocycles. The van der Waals surface area contributed by atoms with Crippen LogP contribution < -0.4 is 10.1 Å². The molecule has 1 aliphatic rings. The van der Waals surface area contributed by atoms with Gasteiger partial charge in [-0.2, -0.15) is 0 Å². The summed E-state index contributed by atoms with van der Waals surface area (Å²) in [5.74, 6) is 0.686. The van der Waals surface area contributed by atoms with Crippen molar-refractivity contribution < 1.29 is 19.0 Å². The van der Waals surface area contributed by atoms with Gasteiger partial charge in [0.2, 0.25) is 0 Å². The van der Waals surface area contributed by atoms with Crippen molar-refractivity contribution in [2.75, 3.05) is 51.4 Å². The van der Waals surface area contributed by atoms with Crippen molar-refractivity contribution in [2.45, 2.75) is 39.2 Å². The van der Waals surface area contributed by atoms with E-state index in [1.807, 2.05) is 45.0 Å². The molecule has 1 heterocycles. The van der Waals surface area contributed by atoms with Gasteiger partial charge in [-0.25, -0.2) is 0 Å². The van der Waals surface area contributed by atoms with Crippen LogP contribution in [0.5, 0.6) is 5.75 Å². The quantitative estimate of drug-likeness (QED) is 0.692. The van der Waals surface area contributed by atoms with Crippen molar-refractivity contribution in [3.8, 4) is 5.75 Å². The van der Waals surface area contributed by atoms with Gasteiger partial charge in [0.05, 0.1) is 13.2 Å². The summed E-state index contributed by atoms with van der Waals surface area (Å²) in [7, 11) is 0. The van der Waals surface area contributed by atoms with Gasteiger partial charge in [0, 0.05) is 31.9 Å². The molecule has 146 valence electrons. The van der Waals surface area contributed by atoms with Crippen LogP contribution in [0.4, 0.5) is 5.69 Å². The van der Waals surface area contributed by atoms with Crippen molar-refractivity contribution in [1.29, 1.82) is 0 Å². The molecule has 0 saturated carbocycles. The summed E-state index contributed by atoms with van der Waals surface area (Å²) in [5.41, 5.74) is -0.0566. The van der Waals surface area contributed by atoms with Gasteiger partial charge in [-0.3, -0.25) is 9.69 Å². The zero-order valence-electron chi connectivity index (χ0n) is 16.3. The monoisotopic (exact) mass is 364 g/mol. The number of rotatable bonds is 10. The summed E-state index contributed by atoms with van der Waals surface area (Å²) in [6.07, 6.45) is 1.51. The lowest BCUT2D eigenvalue weighted by atomic mass is 10.0. The lowest BCUT2D eigenvalue weighted by Gasteiger charge is -2.27. The van der Waals surface area contributed by atoms with Crippen LogP contribution in [0.15, 0.2) is 24.3 Å². The summed E-state index contributed by atoms with van der Waals surface area (Å²) in [6.45, 7) is 11.5. The SMILES string of the molecule is CCCOC(C)(CC)C(=O)Nc1ccc(OCCN2CCOCC2)cc1. The molecule has 6 heteroatoms. The van der Waals surface area contributed by atoms with E-state index < -0.39 is 5.60 Å². The zero-order chi connectivity index (χ0) is 18.8. The minimum Gasteiger partial charge on any atom is -0.492 e. The first kappa shape index (κ1) is 20.7. The lowest BCUT2D eigenvalue weighted by molar-refractivity contribution is -0.139. The van der Waals surface area contributed by atoms with Crippen LogP contribution in [0, 0.1) is 0 Å². The second-order valence-corrected chi connectivity index (χ2v) is 6.71. The van der Waals surface area contributed by atoms with Crippen LogP contribution in [0.1, 0.15) is 33.6 Å². The third kappa shape index (κ3) is 6.27. The molecule has 6 nitrogen and oxygen atoms in total. The molecule has 0 bridgehead atoms. The molecular formula is C20H32N2O4. The first-order valence-electron chi connectivity index (χ1n) is 9.55. The van der Waals surface area contributed by atoms with Crippen molar-refractivity contribution in [3.63, 3.8) is 0 Å². The van der Waals surface area contributed by atoms with Crippen molar-refractivity contribution in [3.05, 3.63) is 24.3 Å². The molecule has 0 radical (unpaired) electrons. The Labute approximate surface area is 156 Å². The average molecular weight is 364 g/mol. The molecule has 1 aromatic carbocycles. The highest BCUT2D eigenvalue weighted by Gasteiger charge is 2.32. The summed E-state index contributed by atoms with van der Waals surface area (Å²) in [6, 6.07) is 7.48. The van der Waals surface area contributed by atoms with E-state index in [0.29, 0.717) is 19.6 Å². The molecule has 1 N–H and O–H groups in total. The van der Waals surface area contributed by atoms with Gasteiger partial charge in [-0.1, -0.05) is 13.8 Å². The summed E-state index contributed by atoms with van der Waals surface area (Å²) in [4.78, 5) is 14.9. The standard InChI is InChI=1S/C20H32N2O4/c1-4-13-26-20(3,5-2)19(23)21-17-6-8-18(9-7-17)25-16-12-22-10-14-24-15-11-22/h6-9H,4-5,10-16H2,1-3H3,(H,21,23). The third-order valence-electron chi connectivity index (χ3n) is 4.67. The Hall–Kier alpha value is -1.63. The molecule has 26 heavy (non-hydrogen) atoms. The van der Waals surface area contributed by atoms with Crippen molar-refractivity contribution in [1.82, 2.24) is 4.90 Å². The van der Waals surface area contributed by atoms with E-state index in [4.69, 9.17) is 14.2 Å². The highest BCUT2D eigenvalue weighted by atomic mass is 16.5. The molecule has 1 unspecified atom stereocenters. The number of hydrogen-bond donors (Lipinski definition) is 1. The maximum atomic E-state index is 12.5.